The summed E-state index contributed by atoms with van der Waals surface area (Å²) in [6, 6.07) is 5.52. The maximum atomic E-state index is 13.2. The van der Waals surface area contributed by atoms with Crippen LogP contribution in [0.3, 0.4) is 0 Å². The minimum Gasteiger partial charge on any atom is -0.462 e. The Bertz CT molecular complexity index is 558. The Kier molecular flexibility index (Phi) is 3.62. The largest absolute Gasteiger partial charge is 0.462 e. The highest BCUT2D eigenvalue weighted by molar-refractivity contribution is 5.96. The van der Waals surface area contributed by atoms with Crippen LogP contribution in [0.4, 0.5) is 4.39 Å². The van der Waals surface area contributed by atoms with Gasteiger partial charge < -0.3 is 4.74 Å². The first-order valence-corrected chi connectivity index (χ1v) is 5.46. The predicted octanol–water partition coefficient (Wildman–Crippen LogP) is 2.46. The first-order valence-electron chi connectivity index (χ1n) is 5.46. The molecule has 2 rings (SSSR count). The molecule has 0 aliphatic rings. The van der Waals surface area contributed by atoms with Crippen molar-refractivity contribution in [2.75, 3.05) is 6.61 Å². The van der Waals surface area contributed by atoms with E-state index in [4.69, 9.17) is 4.74 Å². The molecule has 92 valence electrons. The highest BCUT2D eigenvalue weighted by Crippen LogP contribution is 2.21. The number of carbonyl (C=O) groups excluding carboxylic acids is 1. The van der Waals surface area contributed by atoms with Crippen molar-refractivity contribution in [1.29, 1.82) is 0 Å². The fourth-order valence-corrected chi connectivity index (χ4v) is 1.53. The van der Waals surface area contributed by atoms with Crippen molar-refractivity contribution in [2.45, 2.75) is 6.92 Å². The Balaban J connectivity index is 2.51. The maximum absolute atomic E-state index is 13.2. The van der Waals surface area contributed by atoms with Crippen LogP contribution in [0.15, 0.2) is 36.7 Å². The number of esters is 1. The number of aromatic nitrogens is 2. The lowest BCUT2D eigenvalue weighted by Gasteiger charge is -2.07. The average molecular weight is 246 g/mol. The van der Waals surface area contributed by atoms with Crippen LogP contribution in [0.1, 0.15) is 17.3 Å². The number of halogens is 1. The van der Waals surface area contributed by atoms with Crippen molar-refractivity contribution >= 4 is 5.97 Å². The van der Waals surface area contributed by atoms with Gasteiger partial charge in [0.15, 0.2) is 5.82 Å². The minimum atomic E-state index is -0.584. The molecule has 0 radical (unpaired) electrons. The van der Waals surface area contributed by atoms with E-state index in [-0.39, 0.29) is 12.2 Å². The van der Waals surface area contributed by atoms with Crippen molar-refractivity contribution in [3.05, 3.63) is 48.0 Å². The van der Waals surface area contributed by atoms with Crippen molar-refractivity contribution in [3.8, 4) is 11.4 Å². The van der Waals surface area contributed by atoms with Crippen LogP contribution < -0.4 is 0 Å². The van der Waals surface area contributed by atoms with Crippen LogP contribution in [0.2, 0.25) is 0 Å². The molecule has 4 nitrogen and oxygen atoms in total. The topological polar surface area (TPSA) is 52.1 Å². The second kappa shape index (κ2) is 5.35. The molecule has 5 heteroatoms. The molecule has 18 heavy (non-hydrogen) atoms. The average Bonchev–Trinajstić information content (AvgIpc) is 2.40. The first-order chi connectivity index (χ1) is 8.72. The quantitative estimate of drug-likeness (QED) is 0.780. The summed E-state index contributed by atoms with van der Waals surface area (Å²) in [5.74, 6) is -0.724. The second-order valence-corrected chi connectivity index (χ2v) is 3.48. The zero-order valence-corrected chi connectivity index (χ0v) is 9.76. The normalized spacial score (nSPS) is 10.1. The summed E-state index contributed by atoms with van der Waals surface area (Å²) in [7, 11) is 0. The molecular weight excluding hydrogens is 235 g/mol. The van der Waals surface area contributed by atoms with E-state index in [2.05, 4.69) is 9.97 Å². The van der Waals surface area contributed by atoms with Gasteiger partial charge in [0.05, 0.1) is 12.2 Å². The fourth-order valence-electron chi connectivity index (χ4n) is 1.53. The first kappa shape index (κ1) is 12.2. The van der Waals surface area contributed by atoms with Crippen molar-refractivity contribution in [3.63, 3.8) is 0 Å². The molecule has 0 spiro atoms. The smallest absolute Gasteiger partial charge is 0.338 e. The Hall–Kier alpha value is -2.30. The van der Waals surface area contributed by atoms with Gasteiger partial charge in [-0.3, -0.25) is 0 Å². The van der Waals surface area contributed by atoms with Crippen LogP contribution in [-0.2, 0) is 4.74 Å². The maximum Gasteiger partial charge on any atom is 0.338 e. The van der Waals surface area contributed by atoms with E-state index in [0.717, 1.165) is 6.07 Å². The molecule has 2 aromatic rings. The Morgan fingerprint density at radius 2 is 2.06 bits per heavy atom. The molecule has 0 amide bonds. The van der Waals surface area contributed by atoms with Gasteiger partial charge in [-0.15, -0.1) is 0 Å². The standard InChI is InChI=1S/C13H11FN2O2/c1-2-18-13(17)11-8-9(14)4-5-10(11)12-15-6-3-7-16-12/h3-8H,2H2,1H3. The van der Waals surface area contributed by atoms with Gasteiger partial charge in [-0.25, -0.2) is 19.2 Å². The molecule has 0 bridgehead atoms. The molecule has 1 aromatic heterocycles. The summed E-state index contributed by atoms with van der Waals surface area (Å²) in [4.78, 5) is 19.8. The lowest BCUT2D eigenvalue weighted by Crippen LogP contribution is -2.07. The van der Waals surface area contributed by atoms with Gasteiger partial charge in [0.25, 0.3) is 0 Å². The van der Waals surface area contributed by atoms with E-state index in [1.54, 1.807) is 25.4 Å². The van der Waals surface area contributed by atoms with E-state index in [0.29, 0.717) is 11.4 Å². The molecule has 1 aromatic carbocycles. The Morgan fingerprint density at radius 1 is 1.33 bits per heavy atom. The third-order valence-electron chi connectivity index (χ3n) is 2.28. The summed E-state index contributed by atoms with van der Waals surface area (Å²) < 4.78 is 18.1. The van der Waals surface area contributed by atoms with Crippen LogP contribution >= 0.6 is 0 Å². The molecule has 1 heterocycles. The number of benzene rings is 1. The molecule has 0 aliphatic carbocycles. The summed E-state index contributed by atoms with van der Waals surface area (Å²) in [6.45, 7) is 1.92. The lowest BCUT2D eigenvalue weighted by atomic mass is 10.1. The zero-order chi connectivity index (χ0) is 13.0. The highest BCUT2D eigenvalue weighted by Gasteiger charge is 2.16. The van der Waals surface area contributed by atoms with E-state index in [9.17, 15) is 9.18 Å². The number of nitrogens with zero attached hydrogens (tertiary/aromatic N) is 2. The van der Waals surface area contributed by atoms with Crippen LogP contribution in [0.25, 0.3) is 11.4 Å². The summed E-state index contributed by atoms with van der Waals surface area (Å²) in [5.41, 5.74) is 0.582. The molecule has 0 saturated heterocycles. The Morgan fingerprint density at radius 3 is 2.72 bits per heavy atom. The molecule has 0 fully saturated rings. The Labute approximate surface area is 103 Å². The lowest BCUT2D eigenvalue weighted by molar-refractivity contribution is 0.0526. The van der Waals surface area contributed by atoms with Gasteiger partial charge in [-0.1, -0.05) is 0 Å². The molecule has 0 aliphatic heterocycles. The SMILES string of the molecule is CCOC(=O)c1cc(F)ccc1-c1ncccn1. The molecule has 0 unspecified atom stereocenters. The van der Waals surface area contributed by atoms with E-state index < -0.39 is 11.8 Å². The summed E-state index contributed by atoms with van der Waals surface area (Å²) in [6.07, 6.45) is 3.11. The number of carbonyl (C=O) groups is 1. The monoisotopic (exact) mass is 246 g/mol. The predicted molar refractivity (Wildman–Crippen MR) is 63.4 cm³/mol. The van der Waals surface area contributed by atoms with Crippen LogP contribution in [-0.4, -0.2) is 22.5 Å². The third kappa shape index (κ3) is 2.51. The van der Waals surface area contributed by atoms with E-state index >= 15 is 0 Å². The van der Waals surface area contributed by atoms with E-state index in [1.165, 1.54) is 12.1 Å². The minimum absolute atomic E-state index is 0.128. The summed E-state index contributed by atoms with van der Waals surface area (Å²) in [5, 5.41) is 0. The van der Waals surface area contributed by atoms with Gasteiger partial charge >= 0.3 is 5.97 Å². The third-order valence-corrected chi connectivity index (χ3v) is 2.28. The molecule has 0 atom stereocenters. The van der Waals surface area contributed by atoms with Crippen molar-refractivity contribution < 1.29 is 13.9 Å². The number of rotatable bonds is 3. The number of hydrogen-bond acceptors (Lipinski definition) is 4. The number of hydrogen-bond donors (Lipinski definition) is 0. The van der Waals surface area contributed by atoms with Gasteiger partial charge in [0.2, 0.25) is 0 Å². The van der Waals surface area contributed by atoms with Crippen LogP contribution in [0, 0.1) is 5.82 Å². The van der Waals surface area contributed by atoms with Crippen LogP contribution in [0.5, 0.6) is 0 Å². The molecule has 0 saturated carbocycles. The second-order valence-electron chi connectivity index (χ2n) is 3.48. The zero-order valence-electron chi connectivity index (χ0n) is 9.76. The van der Waals surface area contributed by atoms with Crippen molar-refractivity contribution in [2.24, 2.45) is 0 Å². The molecular formula is C13H11FN2O2. The molecule has 0 N–H and O–H groups in total. The number of ether oxygens (including phenoxy) is 1. The fraction of sp³-hybridized carbons (Fsp3) is 0.154. The van der Waals surface area contributed by atoms with E-state index in [1.807, 2.05) is 0 Å². The highest BCUT2D eigenvalue weighted by atomic mass is 19.1. The van der Waals surface area contributed by atoms with Gasteiger partial charge in [-0.05, 0) is 31.2 Å². The summed E-state index contributed by atoms with van der Waals surface area (Å²) >= 11 is 0. The van der Waals surface area contributed by atoms with Gasteiger partial charge in [0.1, 0.15) is 5.82 Å². The van der Waals surface area contributed by atoms with Gasteiger partial charge in [-0.2, -0.15) is 0 Å². The van der Waals surface area contributed by atoms with Crippen molar-refractivity contribution in [1.82, 2.24) is 9.97 Å². The van der Waals surface area contributed by atoms with Gasteiger partial charge in [0, 0.05) is 18.0 Å².